The summed E-state index contributed by atoms with van der Waals surface area (Å²) in [6, 6.07) is 0. The fraction of sp³-hybridized carbons (Fsp3) is 1.00. The molecular formula is C9H19NO. The van der Waals surface area contributed by atoms with Gasteiger partial charge in [-0.05, 0) is 24.7 Å². The molecule has 1 saturated heterocycles. The maximum atomic E-state index is 5.03. The molecule has 1 aliphatic heterocycles. The van der Waals surface area contributed by atoms with Crippen molar-refractivity contribution in [3.63, 3.8) is 0 Å². The van der Waals surface area contributed by atoms with Gasteiger partial charge in [-0.1, -0.05) is 6.92 Å². The van der Waals surface area contributed by atoms with Crippen LogP contribution in [0.5, 0.6) is 0 Å². The van der Waals surface area contributed by atoms with Crippen molar-refractivity contribution in [2.75, 3.05) is 26.8 Å². The van der Waals surface area contributed by atoms with E-state index in [1.54, 1.807) is 7.11 Å². The molecule has 2 heteroatoms. The Labute approximate surface area is 69.3 Å². The molecular weight excluding hydrogens is 138 g/mol. The summed E-state index contributed by atoms with van der Waals surface area (Å²) in [5, 5.41) is 3.34. The van der Waals surface area contributed by atoms with Crippen LogP contribution >= 0.6 is 0 Å². The first-order valence-electron chi connectivity index (χ1n) is 4.53. The first kappa shape index (κ1) is 9.01. The summed E-state index contributed by atoms with van der Waals surface area (Å²) in [7, 11) is 1.78. The Kier molecular flexibility index (Phi) is 3.34. The van der Waals surface area contributed by atoms with Gasteiger partial charge in [0, 0.05) is 26.8 Å². The van der Waals surface area contributed by atoms with Gasteiger partial charge >= 0.3 is 0 Å². The largest absolute Gasteiger partial charge is 0.385 e. The molecule has 0 amide bonds. The van der Waals surface area contributed by atoms with E-state index in [9.17, 15) is 0 Å². The van der Waals surface area contributed by atoms with Crippen LogP contribution in [0.2, 0.25) is 0 Å². The van der Waals surface area contributed by atoms with Crippen LogP contribution < -0.4 is 5.32 Å². The zero-order valence-corrected chi connectivity index (χ0v) is 7.65. The third kappa shape index (κ3) is 2.17. The SMILES string of the molecule is CCC1(CCCOC)CNC1. The quantitative estimate of drug-likeness (QED) is 0.609. The smallest absolute Gasteiger partial charge is 0.0462 e. The summed E-state index contributed by atoms with van der Waals surface area (Å²) in [5.41, 5.74) is 0.624. The lowest BCUT2D eigenvalue weighted by atomic mass is 9.75. The van der Waals surface area contributed by atoms with E-state index in [-0.39, 0.29) is 0 Å². The Balaban J connectivity index is 2.11. The highest BCUT2D eigenvalue weighted by molar-refractivity contribution is 4.90. The Bertz CT molecular complexity index is 105. The van der Waals surface area contributed by atoms with Gasteiger partial charge in [0.15, 0.2) is 0 Å². The second-order valence-corrected chi connectivity index (χ2v) is 3.55. The van der Waals surface area contributed by atoms with Crippen molar-refractivity contribution in [3.8, 4) is 0 Å². The molecule has 0 aromatic carbocycles. The number of nitrogens with one attached hydrogen (secondary N) is 1. The fourth-order valence-electron chi connectivity index (χ4n) is 1.67. The van der Waals surface area contributed by atoms with Crippen molar-refractivity contribution in [2.45, 2.75) is 26.2 Å². The third-order valence-corrected chi connectivity index (χ3v) is 2.81. The first-order chi connectivity index (χ1) is 5.33. The minimum atomic E-state index is 0.624. The Morgan fingerprint density at radius 1 is 1.45 bits per heavy atom. The zero-order chi connectivity index (χ0) is 8.16. The van der Waals surface area contributed by atoms with Crippen LogP contribution in [0.25, 0.3) is 0 Å². The van der Waals surface area contributed by atoms with E-state index in [4.69, 9.17) is 4.74 Å². The molecule has 1 rings (SSSR count). The van der Waals surface area contributed by atoms with Crippen LogP contribution in [0, 0.1) is 5.41 Å². The van der Waals surface area contributed by atoms with Crippen molar-refractivity contribution in [2.24, 2.45) is 5.41 Å². The molecule has 0 bridgehead atoms. The van der Waals surface area contributed by atoms with Crippen LogP contribution in [0.3, 0.4) is 0 Å². The molecule has 11 heavy (non-hydrogen) atoms. The van der Waals surface area contributed by atoms with Crippen molar-refractivity contribution in [1.29, 1.82) is 0 Å². The number of hydrogen-bond acceptors (Lipinski definition) is 2. The van der Waals surface area contributed by atoms with Crippen molar-refractivity contribution >= 4 is 0 Å². The standard InChI is InChI=1S/C9H19NO/c1-3-9(7-10-8-9)5-4-6-11-2/h10H,3-8H2,1-2H3. The molecule has 1 N–H and O–H groups in total. The number of rotatable bonds is 5. The van der Waals surface area contributed by atoms with E-state index in [2.05, 4.69) is 12.2 Å². The van der Waals surface area contributed by atoms with Crippen LogP contribution in [0.1, 0.15) is 26.2 Å². The number of ether oxygens (including phenoxy) is 1. The van der Waals surface area contributed by atoms with Crippen LogP contribution in [0.15, 0.2) is 0 Å². The van der Waals surface area contributed by atoms with Crippen LogP contribution in [-0.4, -0.2) is 26.8 Å². The highest BCUT2D eigenvalue weighted by atomic mass is 16.5. The minimum absolute atomic E-state index is 0.624. The van der Waals surface area contributed by atoms with Crippen LogP contribution in [-0.2, 0) is 4.74 Å². The molecule has 0 aromatic rings. The van der Waals surface area contributed by atoms with E-state index in [1.165, 1.54) is 32.4 Å². The van der Waals surface area contributed by atoms with Gasteiger partial charge in [0.25, 0.3) is 0 Å². The van der Waals surface area contributed by atoms with Gasteiger partial charge in [-0.3, -0.25) is 0 Å². The molecule has 0 aliphatic carbocycles. The molecule has 66 valence electrons. The molecule has 0 saturated carbocycles. The van der Waals surface area contributed by atoms with E-state index >= 15 is 0 Å². The first-order valence-corrected chi connectivity index (χ1v) is 4.53. The van der Waals surface area contributed by atoms with Gasteiger partial charge in [0.1, 0.15) is 0 Å². The molecule has 0 unspecified atom stereocenters. The normalized spacial score (nSPS) is 21.3. The second-order valence-electron chi connectivity index (χ2n) is 3.55. The molecule has 0 aromatic heterocycles. The number of hydrogen-bond donors (Lipinski definition) is 1. The summed E-state index contributed by atoms with van der Waals surface area (Å²) in [4.78, 5) is 0. The number of methoxy groups -OCH3 is 1. The average Bonchev–Trinajstić information content (AvgIpc) is 1.95. The lowest BCUT2D eigenvalue weighted by Gasteiger charge is -2.42. The Morgan fingerprint density at radius 2 is 2.18 bits per heavy atom. The second kappa shape index (κ2) is 4.07. The van der Waals surface area contributed by atoms with Gasteiger partial charge in [-0.2, -0.15) is 0 Å². The summed E-state index contributed by atoms with van der Waals surface area (Å²) in [6.45, 7) is 5.63. The molecule has 0 atom stereocenters. The van der Waals surface area contributed by atoms with Crippen molar-refractivity contribution in [1.82, 2.24) is 5.32 Å². The molecule has 2 nitrogen and oxygen atoms in total. The minimum Gasteiger partial charge on any atom is -0.385 e. The molecule has 1 heterocycles. The maximum absolute atomic E-state index is 5.03. The monoisotopic (exact) mass is 157 g/mol. The molecule has 0 radical (unpaired) electrons. The highest BCUT2D eigenvalue weighted by Gasteiger charge is 2.33. The third-order valence-electron chi connectivity index (χ3n) is 2.81. The predicted octanol–water partition coefficient (Wildman–Crippen LogP) is 1.41. The lowest BCUT2D eigenvalue weighted by molar-refractivity contribution is 0.116. The maximum Gasteiger partial charge on any atom is 0.0462 e. The van der Waals surface area contributed by atoms with Gasteiger partial charge in [-0.25, -0.2) is 0 Å². The fourth-order valence-corrected chi connectivity index (χ4v) is 1.67. The topological polar surface area (TPSA) is 21.3 Å². The summed E-state index contributed by atoms with van der Waals surface area (Å²) < 4.78 is 5.03. The van der Waals surface area contributed by atoms with Gasteiger partial charge in [0.05, 0.1) is 0 Å². The van der Waals surface area contributed by atoms with E-state index in [0.717, 1.165) is 6.61 Å². The Hall–Kier alpha value is -0.0800. The molecule has 1 fully saturated rings. The average molecular weight is 157 g/mol. The summed E-state index contributed by atoms with van der Waals surface area (Å²) >= 11 is 0. The lowest BCUT2D eigenvalue weighted by Crippen LogP contribution is -2.53. The van der Waals surface area contributed by atoms with Gasteiger partial charge in [-0.15, -0.1) is 0 Å². The summed E-state index contributed by atoms with van der Waals surface area (Å²) in [5.74, 6) is 0. The highest BCUT2D eigenvalue weighted by Crippen LogP contribution is 2.31. The van der Waals surface area contributed by atoms with Gasteiger partial charge in [0.2, 0.25) is 0 Å². The van der Waals surface area contributed by atoms with E-state index < -0.39 is 0 Å². The Morgan fingerprint density at radius 3 is 2.55 bits per heavy atom. The predicted molar refractivity (Wildman–Crippen MR) is 46.7 cm³/mol. The molecule has 1 aliphatic rings. The van der Waals surface area contributed by atoms with Crippen molar-refractivity contribution in [3.05, 3.63) is 0 Å². The zero-order valence-electron chi connectivity index (χ0n) is 7.65. The van der Waals surface area contributed by atoms with Crippen LogP contribution in [0.4, 0.5) is 0 Å². The van der Waals surface area contributed by atoms with E-state index in [0.29, 0.717) is 5.41 Å². The molecule has 0 spiro atoms. The van der Waals surface area contributed by atoms with E-state index in [1.807, 2.05) is 0 Å². The summed E-state index contributed by atoms with van der Waals surface area (Å²) in [6.07, 6.45) is 3.85. The van der Waals surface area contributed by atoms with Gasteiger partial charge < -0.3 is 10.1 Å². The van der Waals surface area contributed by atoms with Crippen molar-refractivity contribution < 1.29 is 4.74 Å².